The highest BCUT2D eigenvalue weighted by Gasteiger charge is 2.48. The Morgan fingerprint density at radius 1 is 1.40 bits per heavy atom. The average molecular weight is 276 g/mol. The molecule has 2 heterocycles. The van der Waals surface area contributed by atoms with E-state index in [1.807, 2.05) is 20.8 Å². The van der Waals surface area contributed by atoms with Gasteiger partial charge in [0.1, 0.15) is 0 Å². The summed E-state index contributed by atoms with van der Waals surface area (Å²) in [6.07, 6.45) is 3.73. The predicted molar refractivity (Wildman–Crippen MR) is 74.4 cm³/mol. The molecule has 108 valence electrons. The number of hydrogen-bond donors (Lipinski definition) is 1. The molecular weight excluding hydrogens is 256 g/mol. The van der Waals surface area contributed by atoms with Crippen molar-refractivity contribution < 1.29 is 14.7 Å². The van der Waals surface area contributed by atoms with Gasteiger partial charge < -0.3 is 10.0 Å². The van der Waals surface area contributed by atoms with Crippen LogP contribution < -0.4 is 0 Å². The molecule has 5 heteroatoms. The molecule has 0 spiro atoms. The minimum absolute atomic E-state index is 0.00608. The second-order valence-corrected chi connectivity index (χ2v) is 5.84. The minimum Gasteiger partial charge on any atom is -0.481 e. The Labute approximate surface area is 118 Å². The molecule has 1 aromatic rings. The van der Waals surface area contributed by atoms with Crippen molar-refractivity contribution in [3.63, 3.8) is 0 Å². The maximum Gasteiger partial charge on any atom is 0.311 e. The fourth-order valence-electron chi connectivity index (χ4n) is 2.75. The van der Waals surface area contributed by atoms with Crippen LogP contribution in [-0.2, 0) is 4.79 Å². The summed E-state index contributed by atoms with van der Waals surface area (Å²) in [7, 11) is 0. The van der Waals surface area contributed by atoms with Gasteiger partial charge in [-0.3, -0.25) is 14.6 Å². The maximum absolute atomic E-state index is 12.4. The third kappa shape index (κ3) is 2.40. The van der Waals surface area contributed by atoms with Crippen molar-refractivity contribution in [1.82, 2.24) is 9.88 Å². The summed E-state index contributed by atoms with van der Waals surface area (Å²) in [6.45, 7) is 6.43. The molecule has 1 unspecified atom stereocenters. The van der Waals surface area contributed by atoms with Crippen molar-refractivity contribution in [2.75, 3.05) is 13.1 Å². The van der Waals surface area contributed by atoms with Crippen LogP contribution >= 0.6 is 0 Å². The Bertz CT molecular complexity index is 542. The fraction of sp³-hybridized carbons (Fsp3) is 0.533. The molecule has 0 saturated carbocycles. The highest BCUT2D eigenvalue weighted by atomic mass is 16.4. The zero-order valence-corrected chi connectivity index (χ0v) is 12.1. The summed E-state index contributed by atoms with van der Waals surface area (Å²) < 4.78 is 0. The topological polar surface area (TPSA) is 70.5 Å². The van der Waals surface area contributed by atoms with Gasteiger partial charge >= 0.3 is 5.97 Å². The molecule has 1 saturated heterocycles. The first-order valence-corrected chi connectivity index (χ1v) is 6.81. The quantitative estimate of drug-likeness (QED) is 0.916. The van der Waals surface area contributed by atoms with E-state index >= 15 is 0 Å². The van der Waals surface area contributed by atoms with Crippen molar-refractivity contribution in [2.45, 2.75) is 27.2 Å². The largest absolute Gasteiger partial charge is 0.481 e. The van der Waals surface area contributed by atoms with Crippen molar-refractivity contribution >= 4 is 11.9 Å². The highest BCUT2D eigenvalue weighted by molar-refractivity contribution is 5.95. The number of aliphatic carboxylic acids is 1. The molecule has 1 fully saturated rings. The highest BCUT2D eigenvalue weighted by Crippen LogP contribution is 2.38. The molecule has 5 nitrogen and oxygen atoms in total. The van der Waals surface area contributed by atoms with Gasteiger partial charge in [0.15, 0.2) is 0 Å². The van der Waals surface area contributed by atoms with Crippen LogP contribution in [0.1, 0.15) is 36.2 Å². The van der Waals surface area contributed by atoms with E-state index in [1.54, 1.807) is 17.2 Å². The van der Waals surface area contributed by atoms with Crippen LogP contribution in [-0.4, -0.2) is 40.0 Å². The first-order chi connectivity index (χ1) is 9.36. The van der Waals surface area contributed by atoms with Gasteiger partial charge in [-0.05, 0) is 30.9 Å². The van der Waals surface area contributed by atoms with E-state index in [0.29, 0.717) is 18.5 Å². The summed E-state index contributed by atoms with van der Waals surface area (Å²) in [5.74, 6) is -0.955. The molecule has 1 N–H and O–H groups in total. The number of pyridine rings is 1. The van der Waals surface area contributed by atoms with E-state index in [2.05, 4.69) is 4.98 Å². The molecule has 0 radical (unpaired) electrons. The van der Waals surface area contributed by atoms with Gasteiger partial charge in [0, 0.05) is 25.5 Å². The van der Waals surface area contributed by atoms with Crippen molar-refractivity contribution in [3.05, 3.63) is 29.6 Å². The number of rotatable bonds is 3. The monoisotopic (exact) mass is 276 g/mol. The van der Waals surface area contributed by atoms with Crippen LogP contribution in [0.2, 0.25) is 0 Å². The third-order valence-electron chi connectivity index (χ3n) is 4.24. The Hall–Kier alpha value is -1.91. The number of carboxylic acid groups (broad SMARTS) is 1. The lowest BCUT2D eigenvalue weighted by Crippen LogP contribution is -2.40. The molecule has 1 atom stereocenters. The van der Waals surface area contributed by atoms with Crippen LogP contribution in [0, 0.1) is 18.3 Å². The molecule has 2 rings (SSSR count). The van der Waals surface area contributed by atoms with Crippen LogP contribution in [0.4, 0.5) is 0 Å². The number of nitrogens with zero attached hydrogens (tertiary/aromatic N) is 2. The summed E-state index contributed by atoms with van der Waals surface area (Å²) in [5, 5.41) is 9.50. The van der Waals surface area contributed by atoms with Crippen LogP contribution in [0.3, 0.4) is 0 Å². The molecule has 0 bridgehead atoms. The Balaban J connectivity index is 2.21. The van der Waals surface area contributed by atoms with Crippen LogP contribution in [0.25, 0.3) is 0 Å². The Kier molecular flexibility index (Phi) is 3.79. The van der Waals surface area contributed by atoms with Gasteiger partial charge in [0.05, 0.1) is 11.0 Å². The van der Waals surface area contributed by atoms with Crippen molar-refractivity contribution in [1.29, 1.82) is 0 Å². The van der Waals surface area contributed by atoms with Gasteiger partial charge in [-0.2, -0.15) is 0 Å². The van der Waals surface area contributed by atoms with Crippen LogP contribution in [0.15, 0.2) is 18.5 Å². The zero-order chi connectivity index (χ0) is 14.9. The molecule has 0 aliphatic carbocycles. The molecule has 1 aromatic heterocycles. The fourth-order valence-corrected chi connectivity index (χ4v) is 2.75. The maximum atomic E-state index is 12.4. The van der Waals surface area contributed by atoms with Gasteiger partial charge in [-0.25, -0.2) is 0 Å². The molecule has 20 heavy (non-hydrogen) atoms. The number of aryl methyl sites for hydroxylation is 1. The van der Waals surface area contributed by atoms with E-state index in [-0.39, 0.29) is 18.4 Å². The summed E-state index contributed by atoms with van der Waals surface area (Å²) in [6, 6.07) is 1.78. The Morgan fingerprint density at radius 3 is 2.60 bits per heavy atom. The van der Waals surface area contributed by atoms with Crippen molar-refractivity contribution in [3.8, 4) is 0 Å². The number of aromatic nitrogens is 1. The lowest BCUT2D eigenvalue weighted by Gasteiger charge is -2.28. The van der Waals surface area contributed by atoms with E-state index in [0.717, 1.165) is 5.56 Å². The zero-order valence-electron chi connectivity index (χ0n) is 12.1. The lowest BCUT2D eigenvalue weighted by molar-refractivity contribution is -0.150. The molecular formula is C15H20N2O3. The number of amides is 1. The standard InChI is InChI=1S/C15H20N2O3/c1-10(2)15(14(19)20)4-5-17(9-15)13(18)12-6-11(3)7-16-8-12/h6-8,10H,4-5,9H2,1-3H3,(H,19,20). The minimum atomic E-state index is -0.826. The summed E-state index contributed by atoms with van der Waals surface area (Å²) >= 11 is 0. The SMILES string of the molecule is Cc1cncc(C(=O)N2CCC(C(=O)O)(C(C)C)C2)c1. The number of hydrogen-bond acceptors (Lipinski definition) is 3. The predicted octanol–water partition coefficient (Wildman–Crippen LogP) is 1.96. The van der Waals surface area contributed by atoms with E-state index in [1.165, 1.54) is 6.20 Å². The molecule has 1 aliphatic heterocycles. The normalized spacial score (nSPS) is 22.3. The van der Waals surface area contributed by atoms with Gasteiger partial charge in [-0.15, -0.1) is 0 Å². The first-order valence-electron chi connectivity index (χ1n) is 6.81. The Morgan fingerprint density at radius 2 is 2.10 bits per heavy atom. The number of likely N-dealkylation sites (tertiary alicyclic amines) is 1. The van der Waals surface area contributed by atoms with Crippen LogP contribution in [0.5, 0.6) is 0 Å². The average Bonchev–Trinajstić information content (AvgIpc) is 2.84. The smallest absolute Gasteiger partial charge is 0.311 e. The first kappa shape index (κ1) is 14.5. The molecule has 0 aromatic carbocycles. The summed E-state index contributed by atoms with van der Waals surface area (Å²) in [5.41, 5.74) is 0.616. The number of carbonyl (C=O) groups is 2. The second kappa shape index (κ2) is 5.23. The molecule has 1 amide bonds. The van der Waals surface area contributed by atoms with Gasteiger partial charge in [0.2, 0.25) is 0 Å². The van der Waals surface area contributed by atoms with Gasteiger partial charge in [-0.1, -0.05) is 13.8 Å². The van der Waals surface area contributed by atoms with E-state index in [9.17, 15) is 14.7 Å². The molecule has 1 aliphatic rings. The van der Waals surface area contributed by atoms with E-state index in [4.69, 9.17) is 0 Å². The van der Waals surface area contributed by atoms with Crippen molar-refractivity contribution in [2.24, 2.45) is 11.3 Å². The summed E-state index contributed by atoms with van der Waals surface area (Å²) in [4.78, 5) is 29.6. The lowest BCUT2D eigenvalue weighted by atomic mass is 9.76. The van der Waals surface area contributed by atoms with E-state index < -0.39 is 11.4 Å². The third-order valence-corrected chi connectivity index (χ3v) is 4.24. The number of carbonyl (C=O) groups excluding carboxylic acids is 1. The van der Waals surface area contributed by atoms with Gasteiger partial charge in [0.25, 0.3) is 5.91 Å². The second-order valence-electron chi connectivity index (χ2n) is 5.84. The number of carboxylic acids is 1.